The van der Waals surface area contributed by atoms with Gasteiger partial charge in [0, 0.05) is 28.1 Å². The molecule has 0 aliphatic rings. The molecule has 1 aromatic heterocycles. The SMILES string of the molecule is O=C(Cc1cccc(Br)c1)NCCc1c[nH]c2cc(F)ccc12. The number of carbonyl (C=O) groups excluding carboxylic acids is 1. The summed E-state index contributed by atoms with van der Waals surface area (Å²) in [5, 5.41) is 3.92. The van der Waals surface area contributed by atoms with Crippen molar-refractivity contribution in [3.8, 4) is 0 Å². The van der Waals surface area contributed by atoms with Crippen LogP contribution in [0.5, 0.6) is 0 Å². The molecule has 2 N–H and O–H groups in total. The Morgan fingerprint density at radius 3 is 2.91 bits per heavy atom. The Labute approximate surface area is 142 Å². The molecule has 0 saturated carbocycles. The van der Waals surface area contributed by atoms with E-state index in [1.54, 1.807) is 6.07 Å². The first kappa shape index (κ1) is 15.7. The van der Waals surface area contributed by atoms with Crippen LogP contribution in [0.4, 0.5) is 4.39 Å². The van der Waals surface area contributed by atoms with Crippen LogP contribution < -0.4 is 5.32 Å². The minimum Gasteiger partial charge on any atom is -0.361 e. The lowest BCUT2D eigenvalue weighted by Gasteiger charge is -2.05. The number of hydrogen-bond donors (Lipinski definition) is 2. The topological polar surface area (TPSA) is 44.9 Å². The van der Waals surface area contributed by atoms with E-state index in [0.29, 0.717) is 19.4 Å². The Kier molecular flexibility index (Phi) is 4.76. The number of benzene rings is 2. The second-order valence-electron chi connectivity index (χ2n) is 5.41. The molecule has 0 saturated heterocycles. The molecule has 1 amide bonds. The van der Waals surface area contributed by atoms with Gasteiger partial charge < -0.3 is 10.3 Å². The molecule has 0 aliphatic carbocycles. The van der Waals surface area contributed by atoms with Crippen molar-refractivity contribution >= 4 is 32.7 Å². The number of nitrogens with one attached hydrogen (secondary N) is 2. The molecule has 0 atom stereocenters. The van der Waals surface area contributed by atoms with E-state index in [4.69, 9.17) is 0 Å². The molecule has 0 spiro atoms. The third kappa shape index (κ3) is 3.99. The van der Waals surface area contributed by atoms with E-state index in [-0.39, 0.29) is 11.7 Å². The van der Waals surface area contributed by atoms with Crippen molar-refractivity contribution in [1.82, 2.24) is 10.3 Å². The van der Waals surface area contributed by atoms with Crippen molar-refractivity contribution in [3.05, 3.63) is 70.1 Å². The van der Waals surface area contributed by atoms with E-state index in [1.165, 1.54) is 12.1 Å². The van der Waals surface area contributed by atoms with E-state index >= 15 is 0 Å². The van der Waals surface area contributed by atoms with Gasteiger partial charge in [-0.2, -0.15) is 0 Å². The van der Waals surface area contributed by atoms with Crippen molar-refractivity contribution in [2.45, 2.75) is 12.8 Å². The molecule has 0 unspecified atom stereocenters. The second kappa shape index (κ2) is 6.96. The molecule has 5 heteroatoms. The number of amides is 1. The van der Waals surface area contributed by atoms with E-state index in [9.17, 15) is 9.18 Å². The van der Waals surface area contributed by atoms with Crippen LogP contribution in [0.1, 0.15) is 11.1 Å². The largest absolute Gasteiger partial charge is 0.361 e. The molecule has 3 rings (SSSR count). The Balaban J connectivity index is 1.55. The third-order valence-corrected chi connectivity index (χ3v) is 4.19. The number of carbonyl (C=O) groups is 1. The van der Waals surface area contributed by atoms with Gasteiger partial charge >= 0.3 is 0 Å². The van der Waals surface area contributed by atoms with Crippen molar-refractivity contribution in [3.63, 3.8) is 0 Å². The summed E-state index contributed by atoms with van der Waals surface area (Å²) in [5.41, 5.74) is 2.82. The molecule has 0 aliphatic heterocycles. The van der Waals surface area contributed by atoms with Gasteiger partial charge in [-0.1, -0.05) is 28.1 Å². The predicted octanol–water partition coefficient (Wildman–Crippen LogP) is 3.97. The average molecular weight is 375 g/mol. The number of fused-ring (bicyclic) bond motifs is 1. The zero-order valence-corrected chi connectivity index (χ0v) is 14.0. The highest BCUT2D eigenvalue weighted by atomic mass is 79.9. The predicted molar refractivity (Wildman–Crippen MR) is 92.8 cm³/mol. The molecular formula is C18H16BrFN2O. The van der Waals surface area contributed by atoms with Crippen molar-refractivity contribution in [2.75, 3.05) is 6.54 Å². The first-order valence-corrected chi connectivity index (χ1v) is 8.18. The van der Waals surface area contributed by atoms with Crippen LogP contribution in [0.2, 0.25) is 0 Å². The Hall–Kier alpha value is -2.14. The number of halogens is 2. The Morgan fingerprint density at radius 2 is 2.09 bits per heavy atom. The highest BCUT2D eigenvalue weighted by Gasteiger charge is 2.07. The first-order valence-electron chi connectivity index (χ1n) is 7.38. The van der Waals surface area contributed by atoms with Crippen molar-refractivity contribution < 1.29 is 9.18 Å². The van der Waals surface area contributed by atoms with Gasteiger partial charge in [0.15, 0.2) is 0 Å². The molecule has 0 bridgehead atoms. The fourth-order valence-electron chi connectivity index (χ4n) is 2.60. The highest BCUT2D eigenvalue weighted by molar-refractivity contribution is 9.10. The maximum Gasteiger partial charge on any atom is 0.224 e. The fourth-order valence-corrected chi connectivity index (χ4v) is 3.04. The van der Waals surface area contributed by atoms with Gasteiger partial charge in [0.2, 0.25) is 5.91 Å². The molecule has 0 fully saturated rings. The van der Waals surface area contributed by atoms with Crippen LogP contribution in [-0.4, -0.2) is 17.4 Å². The lowest BCUT2D eigenvalue weighted by atomic mass is 10.1. The quantitative estimate of drug-likeness (QED) is 0.697. The lowest BCUT2D eigenvalue weighted by molar-refractivity contribution is -0.120. The van der Waals surface area contributed by atoms with E-state index in [2.05, 4.69) is 26.2 Å². The van der Waals surface area contributed by atoms with Gasteiger partial charge in [-0.25, -0.2) is 4.39 Å². The molecule has 118 valence electrons. The number of rotatable bonds is 5. The number of aromatic nitrogens is 1. The average Bonchev–Trinajstić information content (AvgIpc) is 2.89. The smallest absolute Gasteiger partial charge is 0.224 e. The molecule has 1 heterocycles. The van der Waals surface area contributed by atoms with Gasteiger partial charge in [-0.3, -0.25) is 4.79 Å². The van der Waals surface area contributed by atoms with Crippen LogP contribution in [0.3, 0.4) is 0 Å². The molecule has 3 aromatic rings. The second-order valence-corrected chi connectivity index (χ2v) is 6.33. The van der Waals surface area contributed by atoms with Crippen LogP contribution in [0.25, 0.3) is 10.9 Å². The van der Waals surface area contributed by atoms with Gasteiger partial charge in [0.25, 0.3) is 0 Å². The van der Waals surface area contributed by atoms with Gasteiger partial charge in [-0.15, -0.1) is 0 Å². The van der Waals surface area contributed by atoms with E-state index in [0.717, 1.165) is 26.5 Å². The van der Waals surface area contributed by atoms with Gasteiger partial charge in [0.05, 0.1) is 6.42 Å². The summed E-state index contributed by atoms with van der Waals surface area (Å²) in [6, 6.07) is 12.4. The number of aromatic amines is 1. The monoisotopic (exact) mass is 374 g/mol. The van der Waals surface area contributed by atoms with Crippen molar-refractivity contribution in [1.29, 1.82) is 0 Å². The first-order chi connectivity index (χ1) is 11.1. The summed E-state index contributed by atoms with van der Waals surface area (Å²) >= 11 is 3.40. The summed E-state index contributed by atoms with van der Waals surface area (Å²) in [7, 11) is 0. The molecule has 0 radical (unpaired) electrons. The zero-order valence-electron chi connectivity index (χ0n) is 12.4. The van der Waals surface area contributed by atoms with Crippen LogP contribution >= 0.6 is 15.9 Å². The van der Waals surface area contributed by atoms with Gasteiger partial charge in [-0.05, 0) is 47.9 Å². The summed E-state index contributed by atoms with van der Waals surface area (Å²) in [6.07, 6.45) is 2.93. The van der Waals surface area contributed by atoms with Crippen molar-refractivity contribution in [2.24, 2.45) is 0 Å². The number of hydrogen-bond acceptors (Lipinski definition) is 1. The van der Waals surface area contributed by atoms with Crippen LogP contribution in [0.15, 0.2) is 53.1 Å². The molecule has 3 nitrogen and oxygen atoms in total. The highest BCUT2D eigenvalue weighted by Crippen LogP contribution is 2.19. The Morgan fingerprint density at radius 1 is 1.22 bits per heavy atom. The number of H-pyrrole nitrogens is 1. The van der Waals surface area contributed by atoms with Gasteiger partial charge in [0.1, 0.15) is 5.82 Å². The maximum atomic E-state index is 13.2. The minimum atomic E-state index is -0.256. The molecule has 2 aromatic carbocycles. The van der Waals surface area contributed by atoms with Crippen LogP contribution in [-0.2, 0) is 17.6 Å². The Bertz CT molecular complexity index is 844. The third-order valence-electron chi connectivity index (χ3n) is 3.70. The fraction of sp³-hybridized carbons (Fsp3) is 0.167. The minimum absolute atomic E-state index is 0.00557. The zero-order chi connectivity index (χ0) is 16.2. The molecule has 23 heavy (non-hydrogen) atoms. The summed E-state index contributed by atoms with van der Waals surface area (Å²) < 4.78 is 14.1. The standard InChI is InChI=1S/C18H16BrFN2O/c19-14-3-1-2-12(8-14)9-18(23)21-7-6-13-11-22-17-10-15(20)4-5-16(13)17/h1-5,8,10-11,22H,6-7,9H2,(H,21,23). The van der Waals surface area contributed by atoms with E-state index in [1.807, 2.05) is 30.5 Å². The van der Waals surface area contributed by atoms with Crippen LogP contribution in [0, 0.1) is 5.82 Å². The summed E-state index contributed by atoms with van der Waals surface area (Å²) in [5.74, 6) is -0.262. The summed E-state index contributed by atoms with van der Waals surface area (Å²) in [4.78, 5) is 15.0. The normalized spacial score (nSPS) is 10.9. The maximum absolute atomic E-state index is 13.2. The van der Waals surface area contributed by atoms with E-state index < -0.39 is 0 Å². The molecular weight excluding hydrogens is 359 g/mol. The summed E-state index contributed by atoms with van der Waals surface area (Å²) in [6.45, 7) is 0.553. The lowest BCUT2D eigenvalue weighted by Crippen LogP contribution is -2.27.